The van der Waals surface area contributed by atoms with E-state index in [-0.39, 0.29) is 11.7 Å². The van der Waals surface area contributed by atoms with Crippen LogP contribution in [0, 0.1) is 17.1 Å². The smallest absolute Gasteiger partial charge is 0.265 e. The van der Waals surface area contributed by atoms with Gasteiger partial charge in [0, 0.05) is 18.5 Å². The maximum Gasteiger partial charge on any atom is 0.265 e. The zero-order valence-corrected chi connectivity index (χ0v) is 7.96. The highest BCUT2D eigenvalue weighted by molar-refractivity contribution is 5.93. The van der Waals surface area contributed by atoms with E-state index in [1.54, 1.807) is 0 Å². The maximum absolute atomic E-state index is 12.5. The fourth-order valence-electron chi connectivity index (χ4n) is 0.935. The summed E-state index contributed by atoms with van der Waals surface area (Å²) < 4.78 is 12.5. The number of carbonyl (C=O) groups is 1. The van der Waals surface area contributed by atoms with Crippen LogP contribution in [0.2, 0.25) is 0 Å². The lowest BCUT2D eigenvalue weighted by Crippen LogP contribution is -2.37. The summed E-state index contributed by atoms with van der Waals surface area (Å²) in [6.07, 6.45) is 0.309. The number of benzene rings is 1. The van der Waals surface area contributed by atoms with Gasteiger partial charge in [0.05, 0.1) is 6.07 Å². The van der Waals surface area contributed by atoms with Gasteiger partial charge in [0.15, 0.2) is 0 Å². The summed E-state index contributed by atoms with van der Waals surface area (Å²) in [6, 6.07) is 7.12. The minimum atomic E-state index is -0.385. The summed E-state index contributed by atoms with van der Waals surface area (Å²) in [6.45, 7) is 0.378. The number of hydrogen-bond donors (Lipinski definition) is 2. The van der Waals surface area contributed by atoms with Crippen molar-refractivity contribution in [3.8, 4) is 6.07 Å². The van der Waals surface area contributed by atoms with E-state index in [2.05, 4.69) is 10.9 Å². The van der Waals surface area contributed by atoms with Gasteiger partial charge in [-0.3, -0.25) is 10.2 Å². The third kappa shape index (κ3) is 3.75. The standard InChI is InChI=1S/C10H10FN3O/c11-9-4-2-8(3-5-9)10(15)14-13-7-1-6-12/h2-5,13H,1,7H2,(H,14,15). The van der Waals surface area contributed by atoms with Gasteiger partial charge in [0.2, 0.25) is 0 Å². The first kappa shape index (κ1) is 11.1. The van der Waals surface area contributed by atoms with E-state index in [1.807, 2.05) is 6.07 Å². The lowest BCUT2D eigenvalue weighted by molar-refractivity contribution is 0.0933. The lowest BCUT2D eigenvalue weighted by atomic mass is 10.2. The average molecular weight is 207 g/mol. The van der Waals surface area contributed by atoms with Gasteiger partial charge in [0.1, 0.15) is 5.82 Å². The van der Waals surface area contributed by atoms with Crippen LogP contribution in [0.25, 0.3) is 0 Å². The van der Waals surface area contributed by atoms with Crippen molar-refractivity contribution < 1.29 is 9.18 Å². The molecule has 78 valence electrons. The van der Waals surface area contributed by atoms with Crippen LogP contribution in [0.3, 0.4) is 0 Å². The molecule has 1 rings (SSSR count). The normalized spacial score (nSPS) is 9.33. The largest absolute Gasteiger partial charge is 0.287 e. The zero-order valence-electron chi connectivity index (χ0n) is 7.96. The van der Waals surface area contributed by atoms with Crippen molar-refractivity contribution in [3.05, 3.63) is 35.6 Å². The molecule has 0 unspecified atom stereocenters. The van der Waals surface area contributed by atoms with Gasteiger partial charge in [-0.2, -0.15) is 5.26 Å². The van der Waals surface area contributed by atoms with Crippen LogP contribution in [-0.4, -0.2) is 12.5 Å². The predicted octanol–water partition coefficient (Wildman–Crippen LogP) is 0.974. The second-order valence-electron chi connectivity index (χ2n) is 2.80. The third-order valence-corrected chi connectivity index (χ3v) is 1.67. The molecule has 0 aliphatic carbocycles. The number of amides is 1. The van der Waals surface area contributed by atoms with Gasteiger partial charge in [-0.05, 0) is 24.3 Å². The molecule has 0 heterocycles. The first-order chi connectivity index (χ1) is 7.24. The van der Waals surface area contributed by atoms with Gasteiger partial charge >= 0.3 is 0 Å². The molecule has 0 bridgehead atoms. The Balaban J connectivity index is 2.41. The van der Waals surface area contributed by atoms with E-state index < -0.39 is 0 Å². The van der Waals surface area contributed by atoms with Gasteiger partial charge in [-0.25, -0.2) is 9.82 Å². The summed E-state index contributed by atoms with van der Waals surface area (Å²) in [7, 11) is 0. The minimum absolute atomic E-state index is 0.309. The molecule has 0 fully saturated rings. The van der Waals surface area contributed by atoms with Crippen LogP contribution in [0.5, 0.6) is 0 Å². The Morgan fingerprint density at radius 1 is 1.40 bits per heavy atom. The highest BCUT2D eigenvalue weighted by Gasteiger charge is 2.03. The van der Waals surface area contributed by atoms with Crippen molar-refractivity contribution in [1.82, 2.24) is 10.9 Å². The van der Waals surface area contributed by atoms with E-state index in [0.717, 1.165) is 0 Å². The Morgan fingerprint density at radius 2 is 2.07 bits per heavy atom. The molecule has 0 saturated carbocycles. The first-order valence-corrected chi connectivity index (χ1v) is 4.40. The minimum Gasteiger partial charge on any atom is -0.287 e. The highest BCUT2D eigenvalue weighted by atomic mass is 19.1. The molecule has 0 atom stereocenters. The third-order valence-electron chi connectivity index (χ3n) is 1.67. The second kappa shape index (κ2) is 5.73. The Morgan fingerprint density at radius 3 is 2.67 bits per heavy atom. The fourth-order valence-corrected chi connectivity index (χ4v) is 0.935. The van der Waals surface area contributed by atoms with Crippen molar-refractivity contribution in [2.75, 3.05) is 6.54 Å². The molecule has 0 saturated heterocycles. The first-order valence-electron chi connectivity index (χ1n) is 4.40. The van der Waals surface area contributed by atoms with Gasteiger partial charge in [-0.15, -0.1) is 0 Å². The van der Waals surface area contributed by atoms with Crippen molar-refractivity contribution in [2.24, 2.45) is 0 Å². The summed E-state index contributed by atoms with van der Waals surface area (Å²) in [4.78, 5) is 11.3. The number of hydrazine groups is 1. The summed E-state index contributed by atoms with van der Waals surface area (Å²) in [5.41, 5.74) is 5.34. The summed E-state index contributed by atoms with van der Waals surface area (Å²) >= 11 is 0. The van der Waals surface area contributed by atoms with Crippen molar-refractivity contribution in [1.29, 1.82) is 5.26 Å². The zero-order chi connectivity index (χ0) is 11.1. The molecule has 2 N–H and O–H groups in total. The number of nitrogens with one attached hydrogen (secondary N) is 2. The topological polar surface area (TPSA) is 64.9 Å². The maximum atomic E-state index is 12.5. The Kier molecular flexibility index (Phi) is 4.26. The van der Waals surface area contributed by atoms with E-state index in [4.69, 9.17) is 5.26 Å². The van der Waals surface area contributed by atoms with Gasteiger partial charge in [0.25, 0.3) is 5.91 Å². The summed E-state index contributed by atoms with van der Waals surface area (Å²) in [5, 5.41) is 8.23. The molecular weight excluding hydrogens is 197 g/mol. The van der Waals surface area contributed by atoms with Crippen LogP contribution in [0.15, 0.2) is 24.3 Å². The van der Waals surface area contributed by atoms with Gasteiger partial charge < -0.3 is 0 Å². The summed E-state index contributed by atoms with van der Waals surface area (Å²) in [5.74, 6) is -0.739. The van der Waals surface area contributed by atoms with Crippen LogP contribution < -0.4 is 10.9 Å². The second-order valence-corrected chi connectivity index (χ2v) is 2.80. The quantitative estimate of drug-likeness (QED) is 0.571. The molecule has 1 amide bonds. The monoisotopic (exact) mass is 207 g/mol. The van der Waals surface area contributed by atoms with Crippen molar-refractivity contribution in [2.45, 2.75) is 6.42 Å². The van der Waals surface area contributed by atoms with E-state index in [0.29, 0.717) is 18.5 Å². The molecule has 4 nitrogen and oxygen atoms in total. The van der Waals surface area contributed by atoms with Crippen LogP contribution in [-0.2, 0) is 0 Å². The molecule has 1 aromatic carbocycles. The highest BCUT2D eigenvalue weighted by Crippen LogP contribution is 2.01. The van der Waals surface area contributed by atoms with Crippen LogP contribution in [0.4, 0.5) is 4.39 Å². The molecule has 15 heavy (non-hydrogen) atoms. The van der Waals surface area contributed by atoms with Crippen LogP contribution in [0.1, 0.15) is 16.8 Å². The van der Waals surface area contributed by atoms with E-state index >= 15 is 0 Å². The molecule has 0 spiro atoms. The molecular formula is C10H10FN3O. The Hall–Kier alpha value is -1.93. The van der Waals surface area contributed by atoms with E-state index in [9.17, 15) is 9.18 Å². The van der Waals surface area contributed by atoms with E-state index in [1.165, 1.54) is 24.3 Å². The number of rotatable bonds is 4. The molecule has 0 aliphatic rings. The number of halogens is 1. The fraction of sp³-hybridized carbons (Fsp3) is 0.200. The Labute approximate surface area is 86.7 Å². The number of nitrogens with zero attached hydrogens (tertiary/aromatic N) is 1. The molecule has 0 aromatic heterocycles. The van der Waals surface area contributed by atoms with Crippen molar-refractivity contribution >= 4 is 5.91 Å². The predicted molar refractivity (Wildman–Crippen MR) is 52.1 cm³/mol. The molecule has 0 radical (unpaired) electrons. The number of hydrogen-bond acceptors (Lipinski definition) is 3. The average Bonchev–Trinajstić information content (AvgIpc) is 2.25. The van der Waals surface area contributed by atoms with Gasteiger partial charge in [-0.1, -0.05) is 0 Å². The SMILES string of the molecule is N#CCCNNC(=O)c1ccc(F)cc1. The van der Waals surface area contributed by atoms with Crippen LogP contribution >= 0.6 is 0 Å². The molecule has 5 heteroatoms. The molecule has 0 aliphatic heterocycles. The Bertz CT molecular complexity index is 369. The number of nitriles is 1. The molecule has 1 aromatic rings. The van der Waals surface area contributed by atoms with Crippen molar-refractivity contribution in [3.63, 3.8) is 0 Å². The number of carbonyl (C=O) groups excluding carboxylic acids is 1. The lowest BCUT2D eigenvalue weighted by Gasteiger charge is -2.04.